The molecule has 0 saturated carbocycles. The van der Waals surface area contributed by atoms with Gasteiger partial charge in [0.05, 0.1) is 27.4 Å². The number of anilines is 1. The van der Waals surface area contributed by atoms with Crippen LogP contribution >= 0.6 is 11.6 Å². The number of furan rings is 1. The SMILES string of the molecule is CC1=C(C#N)c2cc(N)c(C#N)c(C)c2/C1=C/c1ccc(-c2ccc(Cl)c(C(=O)O)c2)o1. The van der Waals surface area contributed by atoms with Gasteiger partial charge >= 0.3 is 5.97 Å². The van der Waals surface area contributed by atoms with Crippen LogP contribution in [0.5, 0.6) is 0 Å². The van der Waals surface area contributed by atoms with Gasteiger partial charge in [-0.15, -0.1) is 0 Å². The van der Waals surface area contributed by atoms with E-state index in [4.69, 9.17) is 21.8 Å². The number of fused-ring (bicyclic) bond motifs is 1. The Morgan fingerprint density at radius 1 is 1.16 bits per heavy atom. The monoisotopic (exact) mass is 441 g/mol. The summed E-state index contributed by atoms with van der Waals surface area (Å²) in [5.41, 5.74) is 11.5. The van der Waals surface area contributed by atoms with Crippen LogP contribution in [0.3, 0.4) is 0 Å². The molecule has 0 radical (unpaired) electrons. The lowest BCUT2D eigenvalue weighted by Gasteiger charge is -2.11. The summed E-state index contributed by atoms with van der Waals surface area (Å²) in [5, 5.41) is 28.7. The van der Waals surface area contributed by atoms with Gasteiger partial charge in [0, 0.05) is 11.1 Å². The minimum atomic E-state index is -1.12. The van der Waals surface area contributed by atoms with Crippen molar-refractivity contribution in [3.05, 3.63) is 80.6 Å². The smallest absolute Gasteiger partial charge is 0.337 e. The number of allylic oxidation sites excluding steroid dienone is 3. The molecule has 0 aliphatic heterocycles. The van der Waals surface area contributed by atoms with Gasteiger partial charge < -0.3 is 15.3 Å². The minimum Gasteiger partial charge on any atom is -0.478 e. The van der Waals surface area contributed by atoms with E-state index in [1.165, 1.54) is 12.1 Å². The van der Waals surface area contributed by atoms with E-state index in [1.807, 2.05) is 13.8 Å². The normalized spacial score (nSPS) is 13.7. The molecule has 32 heavy (non-hydrogen) atoms. The lowest BCUT2D eigenvalue weighted by atomic mass is 9.92. The van der Waals surface area contributed by atoms with E-state index in [1.54, 1.807) is 30.3 Å². The molecule has 0 saturated heterocycles. The maximum absolute atomic E-state index is 11.4. The number of hydrogen-bond acceptors (Lipinski definition) is 5. The standard InChI is InChI=1S/C25H16ClN3O3/c1-12-16(24-13(2)20(11-28)22(29)9-17(24)19(12)10-27)8-15-4-6-23(32-15)14-3-5-21(26)18(7-14)25(30)31/h3-9H,29H2,1-2H3,(H,30,31)/b16-8+. The third kappa shape index (κ3) is 3.24. The summed E-state index contributed by atoms with van der Waals surface area (Å²) in [6.07, 6.45) is 1.81. The highest BCUT2D eigenvalue weighted by Gasteiger charge is 2.28. The first-order chi connectivity index (χ1) is 15.3. The number of aromatic carboxylic acids is 1. The molecule has 0 bridgehead atoms. The maximum atomic E-state index is 11.4. The molecule has 3 N–H and O–H groups in total. The van der Waals surface area contributed by atoms with Gasteiger partial charge in [0.1, 0.15) is 23.7 Å². The zero-order valence-electron chi connectivity index (χ0n) is 17.2. The Bertz CT molecular complexity index is 1460. The van der Waals surface area contributed by atoms with Crippen molar-refractivity contribution >= 4 is 40.5 Å². The van der Waals surface area contributed by atoms with Crippen molar-refractivity contribution in [1.82, 2.24) is 0 Å². The Hall–Kier alpha value is -4.26. The molecule has 0 fully saturated rings. The number of nitriles is 2. The maximum Gasteiger partial charge on any atom is 0.337 e. The van der Waals surface area contributed by atoms with Crippen LogP contribution in [-0.4, -0.2) is 11.1 Å². The fourth-order valence-electron chi connectivity index (χ4n) is 3.95. The van der Waals surface area contributed by atoms with E-state index in [2.05, 4.69) is 12.1 Å². The summed E-state index contributed by atoms with van der Waals surface area (Å²) in [5.74, 6) is -0.134. The Labute approximate surface area is 189 Å². The van der Waals surface area contributed by atoms with E-state index in [0.29, 0.717) is 45.0 Å². The van der Waals surface area contributed by atoms with E-state index < -0.39 is 5.97 Å². The highest BCUT2D eigenvalue weighted by atomic mass is 35.5. The highest BCUT2D eigenvalue weighted by Crippen LogP contribution is 2.45. The first kappa shape index (κ1) is 21.0. The number of hydrogen-bond donors (Lipinski definition) is 2. The van der Waals surface area contributed by atoms with Crippen molar-refractivity contribution in [3.63, 3.8) is 0 Å². The van der Waals surface area contributed by atoms with Crippen LogP contribution < -0.4 is 5.73 Å². The predicted molar refractivity (Wildman–Crippen MR) is 122 cm³/mol. The number of carbonyl (C=O) groups is 1. The quantitative estimate of drug-likeness (QED) is 0.486. The van der Waals surface area contributed by atoms with E-state index in [0.717, 1.165) is 16.7 Å². The second-order valence-electron chi connectivity index (χ2n) is 7.37. The van der Waals surface area contributed by atoms with Crippen LogP contribution in [0.1, 0.15) is 45.3 Å². The van der Waals surface area contributed by atoms with Crippen LogP contribution in [0.2, 0.25) is 5.02 Å². The Balaban J connectivity index is 1.84. The van der Waals surface area contributed by atoms with Crippen molar-refractivity contribution in [2.75, 3.05) is 5.73 Å². The number of halogens is 1. The summed E-state index contributed by atoms with van der Waals surface area (Å²) in [4.78, 5) is 11.4. The molecular weight excluding hydrogens is 426 g/mol. The molecular formula is C25H16ClN3O3. The molecule has 0 unspecified atom stereocenters. The molecule has 6 nitrogen and oxygen atoms in total. The molecule has 0 atom stereocenters. The number of nitrogens with zero attached hydrogens (tertiary/aromatic N) is 2. The largest absolute Gasteiger partial charge is 0.478 e. The number of rotatable bonds is 3. The third-order valence-corrected chi connectivity index (χ3v) is 5.87. The Morgan fingerprint density at radius 2 is 1.91 bits per heavy atom. The third-order valence-electron chi connectivity index (χ3n) is 5.54. The molecule has 0 amide bonds. The molecule has 2 aromatic carbocycles. The van der Waals surface area contributed by atoms with Crippen LogP contribution in [0.15, 0.2) is 46.4 Å². The fourth-order valence-corrected chi connectivity index (χ4v) is 4.15. The van der Waals surface area contributed by atoms with Crippen molar-refractivity contribution < 1.29 is 14.3 Å². The van der Waals surface area contributed by atoms with Gasteiger partial charge in [0.15, 0.2) is 0 Å². The van der Waals surface area contributed by atoms with E-state index in [-0.39, 0.29) is 10.6 Å². The number of nitrogen functional groups attached to an aromatic ring is 1. The zero-order valence-corrected chi connectivity index (χ0v) is 17.9. The van der Waals surface area contributed by atoms with Crippen LogP contribution in [0, 0.1) is 29.6 Å². The average molecular weight is 442 g/mol. The van der Waals surface area contributed by atoms with Crippen LogP contribution in [0.4, 0.5) is 5.69 Å². The van der Waals surface area contributed by atoms with Gasteiger partial charge in [-0.05, 0) is 78.6 Å². The zero-order chi connectivity index (χ0) is 23.2. The summed E-state index contributed by atoms with van der Waals surface area (Å²) in [6.45, 7) is 3.65. The van der Waals surface area contributed by atoms with Crippen molar-refractivity contribution in [2.24, 2.45) is 0 Å². The van der Waals surface area contributed by atoms with E-state index >= 15 is 0 Å². The topological polar surface area (TPSA) is 124 Å². The van der Waals surface area contributed by atoms with Gasteiger partial charge in [0.25, 0.3) is 0 Å². The molecule has 1 aromatic heterocycles. The number of nitrogens with two attached hydrogens (primary N) is 1. The van der Waals surface area contributed by atoms with Crippen LogP contribution in [-0.2, 0) is 0 Å². The molecule has 1 aliphatic carbocycles. The Morgan fingerprint density at radius 3 is 2.56 bits per heavy atom. The lowest BCUT2D eigenvalue weighted by molar-refractivity contribution is 0.0697. The number of carboxylic acids is 1. The molecule has 3 aromatic rings. The van der Waals surface area contributed by atoms with Gasteiger partial charge in [-0.3, -0.25) is 0 Å². The minimum absolute atomic E-state index is 0.0140. The number of benzene rings is 2. The Kier molecular flexibility index (Phi) is 5.10. The summed E-state index contributed by atoms with van der Waals surface area (Å²) in [7, 11) is 0. The van der Waals surface area contributed by atoms with Gasteiger partial charge in [0.2, 0.25) is 0 Å². The summed E-state index contributed by atoms with van der Waals surface area (Å²) < 4.78 is 5.95. The van der Waals surface area contributed by atoms with E-state index in [9.17, 15) is 20.4 Å². The van der Waals surface area contributed by atoms with Gasteiger partial charge in [-0.1, -0.05) is 11.6 Å². The molecule has 4 rings (SSSR count). The second-order valence-corrected chi connectivity index (χ2v) is 7.78. The lowest BCUT2D eigenvalue weighted by Crippen LogP contribution is -1.99. The van der Waals surface area contributed by atoms with Gasteiger partial charge in [-0.25, -0.2) is 4.79 Å². The van der Waals surface area contributed by atoms with Gasteiger partial charge in [-0.2, -0.15) is 10.5 Å². The second kappa shape index (κ2) is 7.77. The fraction of sp³-hybridized carbons (Fsp3) is 0.0800. The number of carboxylic acid groups (broad SMARTS) is 1. The summed E-state index contributed by atoms with van der Waals surface area (Å²) >= 11 is 5.95. The van der Waals surface area contributed by atoms with Crippen molar-refractivity contribution in [2.45, 2.75) is 13.8 Å². The average Bonchev–Trinajstić information content (AvgIpc) is 3.31. The van der Waals surface area contributed by atoms with Crippen LogP contribution in [0.25, 0.3) is 28.5 Å². The van der Waals surface area contributed by atoms with Crippen molar-refractivity contribution in [1.29, 1.82) is 10.5 Å². The first-order valence-electron chi connectivity index (χ1n) is 9.56. The molecule has 0 spiro atoms. The molecule has 156 valence electrons. The summed E-state index contributed by atoms with van der Waals surface area (Å²) in [6, 6.07) is 14.2. The molecule has 1 aliphatic rings. The molecule has 7 heteroatoms. The highest BCUT2D eigenvalue weighted by molar-refractivity contribution is 6.33. The first-order valence-corrected chi connectivity index (χ1v) is 9.94. The predicted octanol–water partition coefficient (Wildman–Crippen LogP) is 5.91. The van der Waals surface area contributed by atoms with Crippen molar-refractivity contribution in [3.8, 4) is 23.5 Å². The molecule has 1 heterocycles.